The molecule has 5 nitrogen and oxygen atoms in total. The highest BCUT2D eigenvalue weighted by Gasteiger charge is 2.33. The Morgan fingerprint density at radius 3 is 2.34 bits per heavy atom. The van der Waals surface area contributed by atoms with Crippen molar-refractivity contribution in [2.45, 2.75) is 24.7 Å². The smallest absolute Gasteiger partial charge is 0.325 e. The summed E-state index contributed by atoms with van der Waals surface area (Å²) in [6.07, 6.45) is -3.69. The van der Waals surface area contributed by atoms with Crippen molar-refractivity contribution >= 4 is 35.0 Å². The molecule has 35 heavy (non-hydrogen) atoms. The molecule has 0 aliphatic heterocycles. The third-order valence-corrected chi connectivity index (χ3v) is 6.36. The summed E-state index contributed by atoms with van der Waals surface area (Å²) in [5.41, 5.74) is 1.54. The van der Waals surface area contributed by atoms with Crippen LogP contribution in [0.4, 0.5) is 18.9 Å². The molecule has 0 fully saturated rings. The first-order chi connectivity index (χ1) is 16.8. The largest absolute Gasteiger partial charge is 0.418 e. The average Bonchev–Trinajstić information content (AvgIpc) is 3.27. The van der Waals surface area contributed by atoms with Crippen LogP contribution < -0.4 is 5.32 Å². The topological polar surface area (TPSA) is 59.8 Å². The van der Waals surface area contributed by atoms with Crippen LogP contribution in [0.5, 0.6) is 0 Å². The molecule has 0 radical (unpaired) electrons. The average molecular weight is 517 g/mol. The van der Waals surface area contributed by atoms with Crippen molar-refractivity contribution in [1.82, 2.24) is 14.8 Å². The van der Waals surface area contributed by atoms with Gasteiger partial charge in [0.15, 0.2) is 11.0 Å². The molecule has 0 spiro atoms. The van der Waals surface area contributed by atoms with Gasteiger partial charge in [0.2, 0.25) is 5.91 Å². The van der Waals surface area contributed by atoms with Gasteiger partial charge in [0.25, 0.3) is 0 Å². The van der Waals surface area contributed by atoms with Crippen LogP contribution in [0.3, 0.4) is 0 Å². The maximum absolute atomic E-state index is 13.2. The fourth-order valence-electron chi connectivity index (χ4n) is 3.42. The Morgan fingerprint density at radius 2 is 1.69 bits per heavy atom. The first-order valence-corrected chi connectivity index (χ1v) is 12.0. The zero-order chi connectivity index (χ0) is 25.0. The maximum Gasteiger partial charge on any atom is 0.418 e. The highest BCUT2D eigenvalue weighted by atomic mass is 35.5. The molecule has 1 N–H and O–H groups in total. The summed E-state index contributed by atoms with van der Waals surface area (Å²) in [5, 5.41) is 11.9. The number of nitrogens with zero attached hydrogens (tertiary/aromatic N) is 3. The molecule has 180 valence electrons. The number of halogens is 4. The minimum Gasteiger partial charge on any atom is -0.325 e. The monoisotopic (exact) mass is 516 g/mol. The Morgan fingerprint density at radius 1 is 1.00 bits per heavy atom. The predicted octanol–water partition coefficient (Wildman–Crippen LogP) is 6.90. The van der Waals surface area contributed by atoms with Crippen molar-refractivity contribution < 1.29 is 18.0 Å². The van der Waals surface area contributed by atoms with Crippen molar-refractivity contribution in [1.29, 1.82) is 0 Å². The van der Waals surface area contributed by atoms with Gasteiger partial charge in [0.05, 0.1) is 17.0 Å². The quantitative estimate of drug-likeness (QED) is 0.271. The second kappa shape index (κ2) is 10.5. The number of hydrogen-bond donors (Lipinski definition) is 1. The molecule has 1 heterocycles. The number of anilines is 1. The van der Waals surface area contributed by atoms with Gasteiger partial charge in [-0.3, -0.25) is 9.36 Å². The number of aryl methyl sites for hydroxylation is 1. The zero-order valence-corrected chi connectivity index (χ0v) is 20.1. The van der Waals surface area contributed by atoms with E-state index in [0.717, 1.165) is 41.1 Å². The summed E-state index contributed by atoms with van der Waals surface area (Å²) in [5.74, 6) is -0.190. The Balaban J connectivity index is 1.60. The first kappa shape index (κ1) is 24.8. The van der Waals surface area contributed by atoms with E-state index in [1.54, 1.807) is 12.1 Å². The molecule has 0 unspecified atom stereocenters. The molecule has 0 saturated carbocycles. The normalized spacial score (nSPS) is 11.5. The van der Waals surface area contributed by atoms with Gasteiger partial charge in [-0.25, -0.2) is 0 Å². The highest BCUT2D eigenvalue weighted by Crippen LogP contribution is 2.35. The van der Waals surface area contributed by atoms with Gasteiger partial charge in [0.1, 0.15) is 0 Å². The summed E-state index contributed by atoms with van der Waals surface area (Å²) in [4.78, 5) is 12.5. The van der Waals surface area contributed by atoms with E-state index < -0.39 is 17.6 Å². The van der Waals surface area contributed by atoms with E-state index in [-0.39, 0.29) is 11.4 Å². The minimum absolute atomic E-state index is 0.155. The predicted molar refractivity (Wildman–Crippen MR) is 132 cm³/mol. The molecule has 0 aliphatic carbocycles. The van der Waals surface area contributed by atoms with Gasteiger partial charge < -0.3 is 5.32 Å². The number of thioether (sulfide) groups is 1. The van der Waals surface area contributed by atoms with Crippen LogP contribution in [0, 0.1) is 0 Å². The third kappa shape index (κ3) is 5.86. The SMILES string of the molecule is CCc1ccc(-n2c(SCC(=O)Nc3ccccc3C(F)(F)F)nnc2-c2ccc(Cl)cc2)cc1. The van der Waals surface area contributed by atoms with Crippen LogP contribution in [-0.4, -0.2) is 26.4 Å². The zero-order valence-electron chi connectivity index (χ0n) is 18.5. The van der Waals surface area contributed by atoms with E-state index in [4.69, 9.17) is 11.6 Å². The number of carbonyl (C=O) groups is 1. The number of aromatic nitrogens is 3. The Hall–Kier alpha value is -3.30. The number of amides is 1. The van der Waals surface area contributed by atoms with Gasteiger partial charge in [-0.1, -0.05) is 54.6 Å². The molecule has 10 heteroatoms. The molecule has 3 aromatic carbocycles. The molecule has 4 aromatic rings. The Kier molecular flexibility index (Phi) is 7.47. The van der Waals surface area contributed by atoms with Crippen molar-refractivity contribution in [2.75, 3.05) is 11.1 Å². The van der Waals surface area contributed by atoms with E-state index in [1.807, 2.05) is 41.0 Å². The van der Waals surface area contributed by atoms with Crippen LogP contribution in [-0.2, 0) is 17.4 Å². The van der Waals surface area contributed by atoms with Gasteiger partial charge in [-0.05, 0) is 60.5 Å². The Bertz CT molecular complexity index is 1320. The number of rotatable bonds is 7. The van der Waals surface area contributed by atoms with Crippen molar-refractivity contribution in [3.8, 4) is 17.1 Å². The lowest BCUT2D eigenvalue weighted by molar-refractivity contribution is -0.137. The first-order valence-electron chi connectivity index (χ1n) is 10.7. The van der Waals surface area contributed by atoms with Crippen molar-refractivity contribution in [3.63, 3.8) is 0 Å². The van der Waals surface area contributed by atoms with Crippen LogP contribution in [0.2, 0.25) is 5.02 Å². The number of benzene rings is 3. The van der Waals surface area contributed by atoms with Gasteiger partial charge in [0, 0.05) is 16.3 Å². The van der Waals surface area contributed by atoms with Crippen molar-refractivity contribution in [2.24, 2.45) is 0 Å². The molecule has 0 aliphatic rings. The van der Waals surface area contributed by atoms with E-state index in [0.29, 0.717) is 16.0 Å². The summed E-state index contributed by atoms with van der Waals surface area (Å²) in [6.45, 7) is 2.06. The molecule has 0 bridgehead atoms. The van der Waals surface area contributed by atoms with Gasteiger partial charge >= 0.3 is 6.18 Å². The maximum atomic E-state index is 13.2. The third-order valence-electron chi connectivity index (χ3n) is 5.18. The number of para-hydroxylation sites is 1. The van der Waals surface area contributed by atoms with Crippen LogP contribution in [0.25, 0.3) is 17.1 Å². The molecule has 4 rings (SSSR count). The fourth-order valence-corrected chi connectivity index (χ4v) is 4.30. The summed E-state index contributed by atoms with van der Waals surface area (Å²) < 4.78 is 41.6. The minimum atomic E-state index is -4.57. The van der Waals surface area contributed by atoms with Crippen LogP contribution >= 0.6 is 23.4 Å². The van der Waals surface area contributed by atoms with E-state index in [1.165, 1.54) is 18.2 Å². The van der Waals surface area contributed by atoms with Crippen LogP contribution in [0.1, 0.15) is 18.1 Å². The summed E-state index contributed by atoms with van der Waals surface area (Å²) in [7, 11) is 0. The Labute approximate surface area is 209 Å². The molecular weight excluding hydrogens is 497 g/mol. The van der Waals surface area contributed by atoms with E-state index in [9.17, 15) is 18.0 Å². The van der Waals surface area contributed by atoms with E-state index in [2.05, 4.69) is 22.4 Å². The number of carbonyl (C=O) groups excluding carboxylic acids is 1. The lowest BCUT2D eigenvalue weighted by atomic mass is 10.1. The summed E-state index contributed by atoms with van der Waals surface area (Å²) >= 11 is 7.10. The summed E-state index contributed by atoms with van der Waals surface area (Å²) in [6, 6.07) is 19.9. The second-order valence-electron chi connectivity index (χ2n) is 7.55. The molecule has 0 saturated heterocycles. The van der Waals surface area contributed by atoms with Gasteiger partial charge in [-0.15, -0.1) is 10.2 Å². The van der Waals surface area contributed by atoms with Crippen LogP contribution in [0.15, 0.2) is 78.0 Å². The molecular formula is C25H20ClF3N4OS. The highest BCUT2D eigenvalue weighted by molar-refractivity contribution is 7.99. The number of nitrogens with one attached hydrogen (secondary N) is 1. The molecule has 0 atom stereocenters. The van der Waals surface area contributed by atoms with Gasteiger partial charge in [-0.2, -0.15) is 13.2 Å². The lowest BCUT2D eigenvalue weighted by Crippen LogP contribution is -2.18. The van der Waals surface area contributed by atoms with Crippen molar-refractivity contribution in [3.05, 3.63) is 88.9 Å². The lowest BCUT2D eigenvalue weighted by Gasteiger charge is -2.14. The fraction of sp³-hybridized carbons (Fsp3) is 0.160. The van der Waals surface area contributed by atoms with E-state index >= 15 is 0 Å². The number of hydrogen-bond acceptors (Lipinski definition) is 4. The standard InChI is InChI=1S/C25H20ClF3N4OS/c1-2-16-7-13-19(14-8-16)33-23(17-9-11-18(26)12-10-17)31-32-24(33)35-15-22(34)30-21-6-4-3-5-20(21)25(27,28)29/h3-14H,2,15H2,1H3,(H,30,34). The molecule has 1 amide bonds. The molecule has 1 aromatic heterocycles. The second-order valence-corrected chi connectivity index (χ2v) is 8.93. The number of alkyl halides is 3.